The van der Waals surface area contributed by atoms with E-state index >= 15 is 0 Å². The monoisotopic (exact) mass is 303 g/mol. The van der Waals surface area contributed by atoms with Crippen LogP contribution in [0.5, 0.6) is 0 Å². The molecule has 3 nitrogen and oxygen atoms in total. The smallest absolute Gasteiger partial charge is 0.258 e. The number of rotatable bonds is 5. The van der Waals surface area contributed by atoms with Crippen molar-refractivity contribution in [2.24, 2.45) is 5.92 Å². The molecule has 1 atom stereocenters. The van der Waals surface area contributed by atoms with Gasteiger partial charge in [-0.05, 0) is 30.9 Å². The zero-order valence-electron chi connectivity index (χ0n) is 9.82. The molecule has 0 aliphatic carbocycles. The zero-order valence-corrected chi connectivity index (χ0v) is 11.4. The first-order valence-corrected chi connectivity index (χ1v) is 6.38. The fourth-order valence-corrected chi connectivity index (χ4v) is 2.81. The molecule has 1 unspecified atom stereocenters. The highest BCUT2D eigenvalue weighted by Gasteiger charge is 2.18. The number of hydrogen-bond acceptors (Lipinski definition) is 2. The molecule has 0 spiro atoms. The number of halogens is 2. The predicted molar refractivity (Wildman–Crippen MR) is 68.9 cm³/mol. The summed E-state index contributed by atoms with van der Waals surface area (Å²) in [6.45, 7) is 4.18. The molecule has 94 valence electrons. The molecule has 1 aromatic carbocycles. The molecule has 0 radical (unpaired) electrons. The Labute approximate surface area is 108 Å². The predicted octanol–water partition coefficient (Wildman–Crippen LogP) is 4.09. The van der Waals surface area contributed by atoms with Crippen molar-refractivity contribution >= 4 is 21.6 Å². The first-order chi connectivity index (χ1) is 7.90. The van der Waals surface area contributed by atoms with Gasteiger partial charge in [0.05, 0.1) is 11.0 Å². The minimum Gasteiger partial charge on any atom is -0.258 e. The number of benzene rings is 1. The topological polar surface area (TPSA) is 43.1 Å². The summed E-state index contributed by atoms with van der Waals surface area (Å²) in [5.41, 5.74) is 0.428. The Morgan fingerprint density at radius 3 is 2.65 bits per heavy atom. The number of alkyl halides is 1. The summed E-state index contributed by atoms with van der Waals surface area (Å²) in [6.07, 6.45) is 1.46. The van der Waals surface area contributed by atoms with Crippen LogP contribution in [0.4, 0.5) is 10.1 Å². The van der Waals surface area contributed by atoms with Crippen LogP contribution in [-0.2, 0) is 6.42 Å². The Kier molecular flexibility index (Phi) is 5.05. The molecule has 1 rings (SSSR count). The summed E-state index contributed by atoms with van der Waals surface area (Å²) >= 11 is 3.50. The highest BCUT2D eigenvalue weighted by atomic mass is 79.9. The van der Waals surface area contributed by atoms with Crippen molar-refractivity contribution < 1.29 is 9.31 Å². The Hall–Kier alpha value is -0.970. The first-order valence-electron chi connectivity index (χ1n) is 5.47. The summed E-state index contributed by atoms with van der Waals surface area (Å²) in [6, 6.07) is 3.73. The van der Waals surface area contributed by atoms with Gasteiger partial charge in [0.25, 0.3) is 5.69 Å². The van der Waals surface area contributed by atoms with E-state index in [-0.39, 0.29) is 10.5 Å². The van der Waals surface area contributed by atoms with E-state index in [1.807, 2.05) is 0 Å². The third kappa shape index (κ3) is 4.42. The molecule has 0 bridgehead atoms. The van der Waals surface area contributed by atoms with Crippen LogP contribution in [0, 0.1) is 21.8 Å². The van der Waals surface area contributed by atoms with Gasteiger partial charge in [0.2, 0.25) is 0 Å². The van der Waals surface area contributed by atoms with E-state index in [2.05, 4.69) is 29.8 Å². The van der Waals surface area contributed by atoms with Crippen molar-refractivity contribution in [1.29, 1.82) is 0 Å². The average Bonchev–Trinajstić information content (AvgIpc) is 2.19. The van der Waals surface area contributed by atoms with Crippen molar-refractivity contribution in [2.45, 2.75) is 31.5 Å². The molecule has 0 aliphatic heterocycles. The Morgan fingerprint density at radius 1 is 1.47 bits per heavy atom. The first kappa shape index (κ1) is 14.1. The lowest BCUT2D eigenvalue weighted by Gasteiger charge is -2.12. The Morgan fingerprint density at radius 2 is 2.12 bits per heavy atom. The summed E-state index contributed by atoms with van der Waals surface area (Å²) < 4.78 is 12.9. The van der Waals surface area contributed by atoms with Gasteiger partial charge in [-0.25, -0.2) is 4.39 Å². The van der Waals surface area contributed by atoms with E-state index in [1.54, 1.807) is 0 Å². The van der Waals surface area contributed by atoms with Crippen molar-refractivity contribution in [3.8, 4) is 0 Å². The molecule has 0 amide bonds. The number of nitro benzene ring substituents is 1. The van der Waals surface area contributed by atoms with Crippen LogP contribution in [0.25, 0.3) is 0 Å². The molecular formula is C12H15BrFNO2. The molecule has 0 aliphatic rings. The van der Waals surface area contributed by atoms with Gasteiger partial charge < -0.3 is 0 Å². The summed E-state index contributed by atoms with van der Waals surface area (Å²) in [5.74, 6) is -0.0608. The molecule has 0 fully saturated rings. The highest BCUT2D eigenvalue weighted by Crippen LogP contribution is 2.25. The van der Waals surface area contributed by atoms with Gasteiger partial charge in [0.1, 0.15) is 5.82 Å². The van der Waals surface area contributed by atoms with Gasteiger partial charge in [-0.2, -0.15) is 0 Å². The van der Waals surface area contributed by atoms with E-state index in [0.29, 0.717) is 17.9 Å². The van der Waals surface area contributed by atoms with Crippen LogP contribution in [0.15, 0.2) is 18.2 Å². The van der Waals surface area contributed by atoms with Gasteiger partial charge in [-0.3, -0.25) is 10.1 Å². The second-order valence-corrected chi connectivity index (χ2v) is 5.76. The number of nitrogens with zero attached hydrogens (tertiary/aromatic N) is 1. The van der Waals surface area contributed by atoms with Crippen molar-refractivity contribution in [3.05, 3.63) is 39.7 Å². The Bertz CT molecular complexity index is 409. The molecular weight excluding hydrogens is 289 g/mol. The third-order valence-electron chi connectivity index (χ3n) is 2.41. The molecule has 17 heavy (non-hydrogen) atoms. The van der Waals surface area contributed by atoms with Crippen molar-refractivity contribution in [1.82, 2.24) is 0 Å². The fourth-order valence-electron chi connectivity index (χ4n) is 1.71. The van der Waals surface area contributed by atoms with E-state index in [4.69, 9.17) is 0 Å². The van der Waals surface area contributed by atoms with Crippen LogP contribution in [0.2, 0.25) is 0 Å². The van der Waals surface area contributed by atoms with E-state index in [9.17, 15) is 14.5 Å². The largest absolute Gasteiger partial charge is 0.275 e. The van der Waals surface area contributed by atoms with Gasteiger partial charge in [-0.15, -0.1) is 0 Å². The van der Waals surface area contributed by atoms with Gasteiger partial charge in [0, 0.05) is 10.4 Å². The normalized spacial score (nSPS) is 12.8. The third-order valence-corrected chi connectivity index (χ3v) is 3.11. The lowest BCUT2D eigenvalue weighted by Crippen LogP contribution is -2.08. The lowest BCUT2D eigenvalue weighted by molar-refractivity contribution is -0.385. The van der Waals surface area contributed by atoms with Gasteiger partial charge in [0.15, 0.2) is 0 Å². The second-order valence-electron chi connectivity index (χ2n) is 4.46. The maximum Gasteiger partial charge on any atom is 0.275 e. The number of hydrogen-bond donors (Lipinski definition) is 0. The van der Waals surface area contributed by atoms with E-state index in [0.717, 1.165) is 12.5 Å². The molecule has 0 saturated carbocycles. The molecule has 0 N–H and O–H groups in total. The van der Waals surface area contributed by atoms with Crippen LogP contribution in [0.1, 0.15) is 25.8 Å². The average molecular weight is 304 g/mol. The fraction of sp³-hybridized carbons (Fsp3) is 0.500. The van der Waals surface area contributed by atoms with Crippen LogP contribution in [0.3, 0.4) is 0 Å². The summed E-state index contributed by atoms with van der Waals surface area (Å²) in [4.78, 5) is 10.4. The molecule has 5 heteroatoms. The van der Waals surface area contributed by atoms with Crippen LogP contribution < -0.4 is 0 Å². The quantitative estimate of drug-likeness (QED) is 0.467. The van der Waals surface area contributed by atoms with Crippen molar-refractivity contribution in [2.75, 3.05) is 0 Å². The summed E-state index contributed by atoms with van der Waals surface area (Å²) in [7, 11) is 0. The van der Waals surface area contributed by atoms with Gasteiger partial charge >= 0.3 is 0 Å². The maximum atomic E-state index is 12.9. The SMILES string of the molecule is CC(C)CC(Br)Cc1ccc(F)cc1[N+](=O)[O-]. The standard InChI is InChI=1S/C12H15BrFNO2/c1-8(2)5-10(13)6-9-3-4-11(14)7-12(9)15(16)17/h3-4,7-8,10H,5-6H2,1-2H3. The molecule has 0 heterocycles. The van der Waals surface area contributed by atoms with Gasteiger partial charge in [-0.1, -0.05) is 29.8 Å². The van der Waals surface area contributed by atoms with Crippen molar-refractivity contribution in [3.63, 3.8) is 0 Å². The van der Waals surface area contributed by atoms with Crippen LogP contribution >= 0.6 is 15.9 Å². The molecule has 0 saturated heterocycles. The van der Waals surface area contributed by atoms with Crippen LogP contribution in [-0.4, -0.2) is 9.75 Å². The summed E-state index contributed by atoms with van der Waals surface area (Å²) in [5, 5.41) is 10.8. The second kappa shape index (κ2) is 6.10. The van der Waals surface area contributed by atoms with E-state index < -0.39 is 10.7 Å². The highest BCUT2D eigenvalue weighted by molar-refractivity contribution is 9.09. The lowest BCUT2D eigenvalue weighted by atomic mass is 10.0. The molecule has 0 aromatic heterocycles. The minimum absolute atomic E-state index is 0.141. The molecule has 1 aromatic rings. The maximum absolute atomic E-state index is 12.9. The van der Waals surface area contributed by atoms with E-state index in [1.165, 1.54) is 12.1 Å². The minimum atomic E-state index is -0.574. The number of nitro groups is 1. The Balaban J connectivity index is 2.86. The zero-order chi connectivity index (χ0) is 13.0.